The van der Waals surface area contributed by atoms with Crippen LogP contribution in [0.15, 0.2) is 23.3 Å². The second kappa shape index (κ2) is 6.37. The van der Waals surface area contributed by atoms with Crippen molar-refractivity contribution in [3.8, 4) is 5.75 Å². The van der Waals surface area contributed by atoms with E-state index in [1.165, 1.54) is 12.5 Å². The largest absolute Gasteiger partial charge is 0.477 e. The Labute approximate surface area is 153 Å². The van der Waals surface area contributed by atoms with Crippen molar-refractivity contribution >= 4 is 17.3 Å². The van der Waals surface area contributed by atoms with Gasteiger partial charge in [0.15, 0.2) is 12.4 Å². The molecular formula is C19H25N3O4. The van der Waals surface area contributed by atoms with Gasteiger partial charge >= 0.3 is 5.69 Å². The second-order valence-corrected chi connectivity index (χ2v) is 8.10. The first kappa shape index (κ1) is 18.4. The molecule has 2 fully saturated rings. The molecule has 2 saturated carbocycles. The van der Waals surface area contributed by atoms with Gasteiger partial charge in [-0.15, -0.1) is 0 Å². The standard InChI is InChI=1S/C19H25N3O4/c1-12-5-6-14(22(24)25)15(9-12)26-11-17(23)21-20-16-10-13-7-8-19(16,4)18(13,2)3/h5-6,9,13H,7-8,10-11H2,1-4H3,(H,21,23)/b20-16+. The number of nitrogens with zero attached hydrogens (tertiary/aromatic N) is 2. The maximum Gasteiger partial charge on any atom is 0.310 e. The number of fused-ring (bicyclic) bond motifs is 2. The number of ether oxygens (including phenoxy) is 1. The van der Waals surface area contributed by atoms with Crippen molar-refractivity contribution in [2.75, 3.05) is 6.61 Å². The first-order valence-corrected chi connectivity index (χ1v) is 8.89. The summed E-state index contributed by atoms with van der Waals surface area (Å²) in [7, 11) is 0. The maximum atomic E-state index is 12.1. The minimum atomic E-state index is -0.523. The molecule has 3 rings (SSSR count). The Hall–Kier alpha value is -2.44. The van der Waals surface area contributed by atoms with E-state index in [1.54, 1.807) is 19.1 Å². The fourth-order valence-electron chi connectivity index (χ4n) is 4.29. The van der Waals surface area contributed by atoms with E-state index >= 15 is 0 Å². The zero-order valence-corrected chi connectivity index (χ0v) is 15.7. The molecule has 1 N–H and O–H groups in total. The Morgan fingerprint density at radius 1 is 1.42 bits per heavy atom. The van der Waals surface area contributed by atoms with Gasteiger partial charge in [-0.2, -0.15) is 5.10 Å². The average molecular weight is 359 g/mol. The van der Waals surface area contributed by atoms with Crippen LogP contribution in [0.25, 0.3) is 0 Å². The van der Waals surface area contributed by atoms with Gasteiger partial charge in [-0.05, 0) is 49.1 Å². The van der Waals surface area contributed by atoms with Crippen molar-refractivity contribution in [3.63, 3.8) is 0 Å². The quantitative estimate of drug-likeness (QED) is 0.642. The van der Waals surface area contributed by atoms with Crippen molar-refractivity contribution in [2.24, 2.45) is 21.8 Å². The summed E-state index contributed by atoms with van der Waals surface area (Å²) >= 11 is 0. The highest BCUT2D eigenvalue weighted by molar-refractivity contribution is 5.95. The SMILES string of the molecule is Cc1ccc([N+](=O)[O-])c(OCC(=O)N/N=C2\CC3CCC2(C)C3(C)C)c1. The lowest BCUT2D eigenvalue weighted by Gasteiger charge is -2.34. The first-order chi connectivity index (χ1) is 12.1. The molecule has 2 aliphatic carbocycles. The van der Waals surface area contributed by atoms with Gasteiger partial charge in [-0.3, -0.25) is 14.9 Å². The third-order valence-corrected chi connectivity index (χ3v) is 6.50. The molecule has 140 valence electrons. The number of nitrogens with one attached hydrogen (secondary N) is 1. The van der Waals surface area contributed by atoms with Crippen LogP contribution in [-0.2, 0) is 4.79 Å². The zero-order valence-electron chi connectivity index (χ0n) is 15.7. The molecule has 0 aromatic heterocycles. The lowest BCUT2D eigenvalue weighted by Crippen LogP contribution is -2.35. The predicted octanol–water partition coefficient (Wildman–Crippen LogP) is 3.60. The topological polar surface area (TPSA) is 93.8 Å². The van der Waals surface area contributed by atoms with Gasteiger partial charge in [0.05, 0.1) is 4.92 Å². The van der Waals surface area contributed by atoms with Crippen LogP contribution in [0.5, 0.6) is 5.75 Å². The molecular weight excluding hydrogens is 334 g/mol. The molecule has 0 heterocycles. The average Bonchev–Trinajstić information content (AvgIpc) is 2.91. The van der Waals surface area contributed by atoms with Gasteiger partial charge in [0.1, 0.15) is 0 Å². The fraction of sp³-hybridized carbons (Fsp3) is 0.579. The summed E-state index contributed by atoms with van der Waals surface area (Å²) in [5.74, 6) is 0.276. The van der Waals surface area contributed by atoms with Crippen molar-refractivity contribution in [2.45, 2.75) is 47.0 Å². The predicted molar refractivity (Wildman–Crippen MR) is 98.1 cm³/mol. The van der Waals surface area contributed by atoms with E-state index in [2.05, 4.69) is 31.3 Å². The number of carbonyl (C=O) groups excluding carboxylic acids is 1. The number of nitro benzene ring substituents is 1. The van der Waals surface area contributed by atoms with Crippen LogP contribution in [0.4, 0.5) is 5.69 Å². The lowest BCUT2D eigenvalue weighted by molar-refractivity contribution is -0.385. The van der Waals surface area contributed by atoms with Crippen LogP contribution in [0.3, 0.4) is 0 Å². The van der Waals surface area contributed by atoms with E-state index in [0.717, 1.165) is 24.1 Å². The number of rotatable bonds is 5. The van der Waals surface area contributed by atoms with Gasteiger partial charge in [0.25, 0.3) is 5.91 Å². The third-order valence-electron chi connectivity index (χ3n) is 6.50. The van der Waals surface area contributed by atoms with Crippen LogP contribution in [-0.4, -0.2) is 23.1 Å². The lowest BCUT2D eigenvalue weighted by atomic mass is 9.70. The minimum absolute atomic E-state index is 0.0150. The summed E-state index contributed by atoms with van der Waals surface area (Å²) in [6.07, 6.45) is 3.20. The second-order valence-electron chi connectivity index (χ2n) is 8.10. The Morgan fingerprint density at radius 3 is 2.73 bits per heavy atom. The van der Waals surface area contributed by atoms with Gasteiger partial charge in [0, 0.05) is 17.2 Å². The number of amides is 1. The van der Waals surface area contributed by atoms with Crippen LogP contribution in [0, 0.1) is 33.8 Å². The molecule has 7 heteroatoms. The Balaban J connectivity index is 1.63. The summed E-state index contributed by atoms with van der Waals surface area (Å²) in [6.45, 7) is 8.26. The zero-order chi connectivity index (χ0) is 19.1. The molecule has 0 spiro atoms. The van der Waals surface area contributed by atoms with Gasteiger partial charge in [-0.25, -0.2) is 5.43 Å². The van der Waals surface area contributed by atoms with E-state index in [4.69, 9.17) is 4.74 Å². The van der Waals surface area contributed by atoms with Gasteiger partial charge in [-0.1, -0.05) is 26.8 Å². The van der Waals surface area contributed by atoms with E-state index in [1.807, 2.05) is 0 Å². The molecule has 1 aromatic rings. The van der Waals surface area contributed by atoms with Crippen molar-refractivity contribution in [1.82, 2.24) is 5.43 Å². The smallest absolute Gasteiger partial charge is 0.310 e. The van der Waals surface area contributed by atoms with Crippen molar-refractivity contribution in [3.05, 3.63) is 33.9 Å². The van der Waals surface area contributed by atoms with Crippen LogP contribution < -0.4 is 10.2 Å². The number of aryl methyl sites for hydroxylation is 1. The molecule has 2 aliphatic rings. The maximum absolute atomic E-state index is 12.1. The molecule has 7 nitrogen and oxygen atoms in total. The Kier molecular flexibility index (Phi) is 4.50. The van der Waals surface area contributed by atoms with E-state index < -0.39 is 10.8 Å². The van der Waals surface area contributed by atoms with Crippen LogP contribution in [0.2, 0.25) is 0 Å². The fourth-order valence-corrected chi connectivity index (χ4v) is 4.29. The summed E-state index contributed by atoms with van der Waals surface area (Å²) in [6, 6.07) is 4.56. The molecule has 1 amide bonds. The van der Waals surface area contributed by atoms with Crippen molar-refractivity contribution in [1.29, 1.82) is 0 Å². The monoisotopic (exact) mass is 359 g/mol. The number of hydrogen-bond donors (Lipinski definition) is 1. The van der Waals surface area contributed by atoms with E-state index in [-0.39, 0.29) is 28.9 Å². The molecule has 2 unspecified atom stereocenters. The number of benzene rings is 1. The highest BCUT2D eigenvalue weighted by Gasteiger charge is 2.60. The summed E-state index contributed by atoms with van der Waals surface area (Å²) < 4.78 is 5.36. The van der Waals surface area contributed by atoms with E-state index in [9.17, 15) is 14.9 Å². The Morgan fingerprint density at radius 2 is 2.15 bits per heavy atom. The normalized spacial score (nSPS) is 27.5. The molecule has 2 bridgehead atoms. The number of nitro groups is 1. The highest BCUT2D eigenvalue weighted by Crippen LogP contribution is 2.63. The molecule has 26 heavy (non-hydrogen) atoms. The molecule has 1 aromatic carbocycles. The Bertz CT molecular complexity index is 787. The number of carbonyl (C=O) groups is 1. The first-order valence-electron chi connectivity index (χ1n) is 8.89. The number of hydrazone groups is 1. The minimum Gasteiger partial charge on any atom is -0.477 e. The summed E-state index contributed by atoms with van der Waals surface area (Å²) in [5.41, 5.74) is 4.47. The van der Waals surface area contributed by atoms with Gasteiger partial charge in [0.2, 0.25) is 0 Å². The van der Waals surface area contributed by atoms with Crippen molar-refractivity contribution < 1.29 is 14.5 Å². The third kappa shape index (κ3) is 2.95. The summed E-state index contributed by atoms with van der Waals surface area (Å²) in [5, 5.41) is 15.4. The summed E-state index contributed by atoms with van der Waals surface area (Å²) in [4.78, 5) is 22.6. The molecule has 0 saturated heterocycles. The molecule has 2 atom stereocenters. The highest BCUT2D eigenvalue weighted by atomic mass is 16.6. The van der Waals surface area contributed by atoms with Crippen LogP contribution >= 0.6 is 0 Å². The number of hydrogen-bond acceptors (Lipinski definition) is 5. The van der Waals surface area contributed by atoms with E-state index in [0.29, 0.717) is 5.92 Å². The van der Waals surface area contributed by atoms with Gasteiger partial charge < -0.3 is 4.74 Å². The van der Waals surface area contributed by atoms with Crippen LogP contribution in [0.1, 0.15) is 45.6 Å². The molecule has 0 aliphatic heterocycles. The molecule has 0 radical (unpaired) electrons.